The Morgan fingerprint density at radius 3 is 2.50 bits per heavy atom. The van der Waals surface area contributed by atoms with Crippen molar-refractivity contribution in [2.24, 2.45) is 0 Å². The molecule has 1 nitrogen and oxygen atoms in total. The summed E-state index contributed by atoms with van der Waals surface area (Å²) in [5, 5.41) is 10.7. The van der Waals surface area contributed by atoms with Crippen LogP contribution in [-0.2, 0) is 0 Å². The standard InChI is InChI=1S/C13H7N/c14-9-3-4-11-7-8-12-5-1-2-6-13(12)10-11/h1-2,5-8,10H. The van der Waals surface area contributed by atoms with Crippen molar-refractivity contribution < 1.29 is 0 Å². The third kappa shape index (κ3) is 1.58. The second kappa shape index (κ2) is 3.64. The van der Waals surface area contributed by atoms with E-state index >= 15 is 0 Å². The van der Waals surface area contributed by atoms with Crippen molar-refractivity contribution in [1.82, 2.24) is 0 Å². The van der Waals surface area contributed by atoms with Gasteiger partial charge in [-0.05, 0) is 22.9 Å². The molecular formula is C13H7N. The summed E-state index contributed by atoms with van der Waals surface area (Å²) in [6.45, 7) is 0. The number of fused-ring (bicyclic) bond motifs is 1. The molecule has 0 unspecified atom stereocenters. The van der Waals surface area contributed by atoms with Gasteiger partial charge in [0.25, 0.3) is 0 Å². The van der Waals surface area contributed by atoms with E-state index in [2.05, 4.69) is 17.9 Å². The largest absolute Gasteiger partial charge is 0.183 e. The van der Waals surface area contributed by atoms with E-state index < -0.39 is 0 Å². The second-order valence-electron chi connectivity index (χ2n) is 2.92. The zero-order valence-corrected chi connectivity index (χ0v) is 7.49. The molecule has 0 aliphatic heterocycles. The zero-order valence-electron chi connectivity index (χ0n) is 7.49. The summed E-state index contributed by atoms with van der Waals surface area (Å²) in [5.74, 6) is 5.16. The maximum atomic E-state index is 8.32. The van der Waals surface area contributed by atoms with E-state index in [1.165, 1.54) is 5.39 Å². The fraction of sp³-hybridized carbons (Fsp3) is 0. The summed E-state index contributed by atoms with van der Waals surface area (Å²) in [6.07, 6.45) is 0. The van der Waals surface area contributed by atoms with E-state index in [9.17, 15) is 0 Å². The zero-order chi connectivity index (χ0) is 9.80. The van der Waals surface area contributed by atoms with Crippen molar-refractivity contribution in [2.45, 2.75) is 0 Å². The van der Waals surface area contributed by atoms with Crippen molar-refractivity contribution in [1.29, 1.82) is 5.26 Å². The van der Waals surface area contributed by atoms with Crippen LogP contribution in [0.5, 0.6) is 0 Å². The van der Waals surface area contributed by atoms with Crippen LogP contribution in [0.3, 0.4) is 0 Å². The predicted molar refractivity (Wildman–Crippen MR) is 56.4 cm³/mol. The van der Waals surface area contributed by atoms with E-state index in [1.54, 1.807) is 6.07 Å². The lowest BCUT2D eigenvalue weighted by molar-refractivity contribution is 1.55. The Bertz CT molecular complexity index is 565. The van der Waals surface area contributed by atoms with Crippen LogP contribution in [0.4, 0.5) is 0 Å². The Hall–Kier alpha value is -2.25. The molecule has 1 heteroatoms. The highest BCUT2D eigenvalue weighted by atomic mass is 14.2. The predicted octanol–water partition coefficient (Wildman–Crippen LogP) is 2.71. The first-order valence-electron chi connectivity index (χ1n) is 4.29. The summed E-state index contributed by atoms with van der Waals surface area (Å²) in [6, 6.07) is 15.8. The molecule has 0 N–H and O–H groups in total. The van der Waals surface area contributed by atoms with Crippen LogP contribution >= 0.6 is 0 Å². The molecule has 0 saturated heterocycles. The summed E-state index contributed by atoms with van der Waals surface area (Å²) in [4.78, 5) is 0. The fourth-order valence-electron chi connectivity index (χ4n) is 1.37. The highest BCUT2D eigenvalue weighted by Crippen LogP contribution is 2.14. The molecule has 2 aromatic carbocycles. The molecule has 2 aromatic rings. The van der Waals surface area contributed by atoms with Gasteiger partial charge >= 0.3 is 0 Å². The summed E-state index contributed by atoms with van der Waals surface area (Å²) < 4.78 is 0. The Balaban J connectivity index is 2.58. The van der Waals surface area contributed by atoms with Crippen LogP contribution in [0.2, 0.25) is 0 Å². The van der Waals surface area contributed by atoms with Gasteiger partial charge in [0.1, 0.15) is 0 Å². The van der Waals surface area contributed by atoms with Crippen molar-refractivity contribution in [3.63, 3.8) is 0 Å². The topological polar surface area (TPSA) is 23.8 Å². The number of hydrogen-bond donors (Lipinski definition) is 0. The number of rotatable bonds is 0. The monoisotopic (exact) mass is 177 g/mol. The number of benzene rings is 2. The number of nitriles is 1. The number of nitrogens with zero attached hydrogens (tertiary/aromatic N) is 1. The van der Waals surface area contributed by atoms with Gasteiger partial charge < -0.3 is 0 Å². The lowest BCUT2D eigenvalue weighted by Crippen LogP contribution is -1.75. The van der Waals surface area contributed by atoms with Crippen LogP contribution in [0.1, 0.15) is 5.56 Å². The van der Waals surface area contributed by atoms with E-state index in [0.29, 0.717) is 0 Å². The molecule has 0 heterocycles. The van der Waals surface area contributed by atoms with E-state index in [-0.39, 0.29) is 0 Å². The highest BCUT2D eigenvalue weighted by molar-refractivity contribution is 5.83. The summed E-state index contributed by atoms with van der Waals surface area (Å²) >= 11 is 0. The van der Waals surface area contributed by atoms with Crippen molar-refractivity contribution in [2.75, 3.05) is 0 Å². The number of hydrogen-bond acceptors (Lipinski definition) is 1. The van der Waals surface area contributed by atoms with Gasteiger partial charge in [0, 0.05) is 11.5 Å². The molecule has 0 aliphatic carbocycles. The van der Waals surface area contributed by atoms with Gasteiger partial charge in [-0.3, -0.25) is 0 Å². The first-order valence-corrected chi connectivity index (χ1v) is 4.29. The minimum atomic E-state index is 0.880. The average Bonchev–Trinajstić information content (AvgIpc) is 2.26. The van der Waals surface area contributed by atoms with Crippen molar-refractivity contribution in [3.8, 4) is 17.9 Å². The molecular weight excluding hydrogens is 170 g/mol. The molecule has 0 aliphatic rings. The minimum absolute atomic E-state index is 0.880. The Morgan fingerprint density at radius 2 is 1.71 bits per heavy atom. The molecule has 64 valence electrons. The van der Waals surface area contributed by atoms with E-state index in [0.717, 1.165) is 10.9 Å². The normalized spacial score (nSPS) is 8.79. The lowest BCUT2D eigenvalue weighted by atomic mass is 10.1. The van der Waals surface area contributed by atoms with Crippen LogP contribution in [0, 0.1) is 23.2 Å². The maximum absolute atomic E-state index is 8.32. The second-order valence-corrected chi connectivity index (χ2v) is 2.92. The summed E-state index contributed by atoms with van der Waals surface area (Å²) in [5.41, 5.74) is 0.880. The average molecular weight is 177 g/mol. The lowest BCUT2D eigenvalue weighted by Gasteiger charge is -1.96. The molecule has 2 rings (SSSR count). The van der Waals surface area contributed by atoms with Crippen molar-refractivity contribution in [3.05, 3.63) is 48.0 Å². The SMILES string of the molecule is N#CC#Cc1ccc2ccccc2c1. The maximum Gasteiger partial charge on any atom is 0.152 e. The van der Waals surface area contributed by atoms with Crippen LogP contribution < -0.4 is 0 Å². The van der Waals surface area contributed by atoms with Crippen LogP contribution in [0.15, 0.2) is 42.5 Å². The first-order chi connectivity index (χ1) is 6.90. The van der Waals surface area contributed by atoms with Gasteiger partial charge in [-0.1, -0.05) is 36.3 Å². The molecule has 0 aromatic heterocycles. The smallest absolute Gasteiger partial charge is 0.152 e. The molecule has 0 amide bonds. The fourth-order valence-corrected chi connectivity index (χ4v) is 1.37. The molecule has 0 spiro atoms. The van der Waals surface area contributed by atoms with Crippen LogP contribution in [0.25, 0.3) is 10.8 Å². The molecule has 0 fully saturated rings. The summed E-state index contributed by atoms with van der Waals surface area (Å²) in [7, 11) is 0. The molecule has 0 saturated carbocycles. The Morgan fingerprint density at radius 1 is 0.929 bits per heavy atom. The third-order valence-electron chi connectivity index (χ3n) is 2.01. The van der Waals surface area contributed by atoms with E-state index in [1.807, 2.05) is 36.4 Å². The first kappa shape index (κ1) is 8.35. The Kier molecular flexibility index (Phi) is 2.17. The van der Waals surface area contributed by atoms with E-state index in [4.69, 9.17) is 5.26 Å². The minimum Gasteiger partial charge on any atom is -0.183 e. The van der Waals surface area contributed by atoms with Gasteiger partial charge in [-0.15, -0.1) is 0 Å². The molecule has 0 atom stereocenters. The van der Waals surface area contributed by atoms with Crippen molar-refractivity contribution >= 4 is 10.8 Å². The van der Waals surface area contributed by atoms with Crippen LogP contribution in [-0.4, -0.2) is 0 Å². The Labute approximate surface area is 82.6 Å². The third-order valence-corrected chi connectivity index (χ3v) is 2.01. The van der Waals surface area contributed by atoms with Gasteiger partial charge in [0.05, 0.1) is 0 Å². The molecule has 0 radical (unpaired) electrons. The highest BCUT2D eigenvalue weighted by Gasteiger charge is 1.92. The quantitative estimate of drug-likeness (QED) is 0.567. The van der Waals surface area contributed by atoms with Gasteiger partial charge in [0.2, 0.25) is 0 Å². The van der Waals surface area contributed by atoms with Gasteiger partial charge in [-0.2, -0.15) is 5.26 Å². The van der Waals surface area contributed by atoms with Gasteiger partial charge in [-0.25, -0.2) is 0 Å². The molecule has 0 bridgehead atoms. The van der Waals surface area contributed by atoms with Gasteiger partial charge in [0.15, 0.2) is 6.07 Å². The molecule has 14 heavy (non-hydrogen) atoms.